The van der Waals surface area contributed by atoms with Gasteiger partial charge in [0.2, 0.25) is 0 Å². The molecular formula is C66H45N. The highest BCUT2D eigenvalue weighted by atomic mass is 14.9. The fourth-order valence-electron chi connectivity index (χ4n) is 12.5. The minimum atomic E-state index is -0.493. The average Bonchev–Trinajstić information content (AvgIpc) is 3.94. The Kier molecular flexibility index (Phi) is 8.02. The largest absolute Gasteiger partial charge is 0.355 e. The molecule has 1 N–H and O–H groups in total. The van der Waals surface area contributed by atoms with Gasteiger partial charge < -0.3 is 5.32 Å². The van der Waals surface area contributed by atoms with Gasteiger partial charge in [0.05, 0.1) is 5.41 Å². The third-order valence-corrected chi connectivity index (χ3v) is 15.5. The van der Waals surface area contributed by atoms with Crippen molar-refractivity contribution in [3.05, 3.63) is 264 Å². The van der Waals surface area contributed by atoms with E-state index in [0.717, 1.165) is 11.4 Å². The Morgan fingerprint density at radius 3 is 1.60 bits per heavy atom. The first-order valence-electron chi connectivity index (χ1n) is 23.6. The smallest absolute Gasteiger partial charge is 0.0726 e. The van der Waals surface area contributed by atoms with Crippen LogP contribution in [0.25, 0.3) is 88.3 Å². The predicted octanol–water partition coefficient (Wildman–Crippen LogP) is 17.4. The normalized spacial score (nSPS) is 14.1. The van der Waals surface area contributed by atoms with Crippen LogP contribution in [0.15, 0.2) is 231 Å². The second kappa shape index (κ2) is 14.1. The van der Waals surface area contributed by atoms with Gasteiger partial charge in [-0.1, -0.05) is 220 Å². The van der Waals surface area contributed by atoms with Crippen molar-refractivity contribution in [3.63, 3.8) is 0 Å². The highest BCUT2D eigenvalue weighted by Crippen LogP contribution is 2.64. The first-order valence-corrected chi connectivity index (χ1v) is 23.6. The summed E-state index contributed by atoms with van der Waals surface area (Å²) >= 11 is 0. The molecule has 0 saturated carbocycles. The molecule has 0 amide bonds. The van der Waals surface area contributed by atoms with E-state index in [4.69, 9.17) is 0 Å². The summed E-state index contributed by atoms with van der Waals surface area (Å²) in [7, 11) is 0. The van der Waals surface area contributed by atoms with Gasteiger partial charge in [-0.2, -0.15) is 0 Å². The Labute approximate surface area is 391 Å². The Morgan fingerprint density at radius 1 is 0.313 bits per heavy atom. The van der Waals surface area contributed by atoms with E-state index in [2.05, 4.69) is 250 Å². The Balaban J connectivity index is 0.932. The van der Waals surface area contributed by atoms with E-state index in [1.54, 1.807) is 0 Å². The van der Waals surface area contributed by atoms with Crippen molar-refractivity contribution in [1.29, 1.82) is 0 Å². The number of anilines is 2. The Morgan fingerprint density at radius 2 is 0.836 bits per heavy atom. The van der Waals surface area contributed by atoms with Crippen LogP contribution < -0.4 is 5.32 Å². The van der Waals surface area contributed by atoms with Crippen molar-refractivity contribution in [2.45, 2.75) is 24.7 Å². The molecule has 67 heavy (non-hydrogen) atoms. The first kappa shape index (κ1) is 38.1. The first-order chi connectivity index (χ1) is 33.0. The molecule has 1 spiro atoms. The molecule has 0 aliphatic heterocycles. The summed E-state index contributed by atoms with van der Waals surface area (Å²) in [4.78, 5) is 0. The lowest BCUT2D eigenvalue weighted by molar-refractivity contribution is 0.660. The van der Waals surface area contributed by atoms with Crippen molar-refractivity contribution >= 4 is 32.9 Å². The molecule has 0 saturated heterocycles. The lowest BCUT2D eigenvalue weighted by atomic mass is 9.70. The molecule has 1 heteroatoms. The van der Waals surface area contributed by atoms with E-state index in [-0.39, 0.29) is 5.41 Å². The third kappa shape index (κ3) is 5.31. The van der Waals surface area contributed by atoms with Crippen molar-refractivity contribution < 1.29 is 0 Å². The van der Waals surface area contributed by atoms with Gasteiger partial charge in [-0.25, -0.2) is 0 Å². The molecule has 0 aromatic heterocycles. The summed E-state index contributed by atoms with van der Waals surface area (Å²) in [6, 6.07) is 86.3. The SMILES string of the molecule is CC1(C)c2ccccc2-c2cc(-c3cccc4cccc(Nc5ccc6c(c5)C5(c7ccccc7-c7ccccc75)c5cccc(-c7ccc(-c8cccc9ccccc89)cc7)c5-6)c34)ccc21. The van der Waals surface area contributed by atoms with Crippen molar-refractivity contribution in [1.82, 2.24) is 0 Å². The van der Waals surface area contributed by atoms with Crippen molar-refractivity contribution in [3.8, 4) is 66.8 Å². The molecule has 0 fully saturated rings. The molecule has 0 heterocycles. The minimum absolute atomic E-state index is 0.0374. The molecule has 0 radical (unpaired) electrons. The summed E-state index contributed by atoms with van der Waals surface area (Å²) < 4.78 is 0. The quantitative estimate of drug-likeness (QED) is 0.182. The van der Waals surface area contributed by atoms with Crippen LogP contribution in [0.1, 0.15) is 47.2 Å². The van der Waals surface area contributed by atoms with E-state index >= 15 is 0 Å². The summed E-state index contributed by atoms with van der Waals surface area (Å²) in [6.45, 7) is 4.70. The van der Waals surface area contributed by atoms with Crippen molar-refractivity contribution in [2.75, 3.05) is 5.32 Å². The number of fused-ring (bicyclic) bond motifs is 15. The molecule has 11 aromatic carbocycles. The van der Waals surface area contributed by atoms with Gasteiger partial charge in [-0.3, -0.25) is 0 Å². The van der Waals surface area contributed by atoms with Crippen molar-refractivity contribution in [2.24, 2.45) is 0 Å². The molecule has 314 valence electrons. The van der Waals surface area contributed by atoms with E-state index in [0.29, 0.717) is 0 Å². The zero-order valence-corrected chi connectivity index (χ0v) is 37.4. The predicted molar refractivity (Wildman–Crippen MR) is 281 cm³/mol. The summed E-state index contributed by atoms with van der Waals surface area (Å²) in [5.41, 5.74) is 25.0. The number of rotatable bonds is 5. The second-order valence-electron chi connectivity index (χ2n) is 19.2. The van der Waals surface area contributed by atoms with E-state index in [1.807, 2.05) is 0 Å². The number of benzene rings is 11. The zero-order valence-electron chi connectivity index (χ0n) is 37.4. The summed E-state index contributed by atoms with van der Waals surface area (Å²) in [5.74, 6) is 0. The number of hydrogen-bond donors (Lipinski definition) is 1. The van der Waals surface area contributed by atoms with Gasteiger partial charge in [0.15, 0.2) is 0 Å². The highest BCUT2D eigenvalue weighted by molar-refractivity contribution is 6.07. The summed E-state index contributed by atoms with van der Waals surface area (Å²) in [5, 5.41) is 8.99. The average molecular weight is 852 g/mol. The van der Waals surface area contributed by atoms with E-state index < -0.39 is 5.41 Å². The highest BCUT2D eigenvalue weighted by Gasteiger charge is 2.52. The number of nitrogens with one attached hydrogen (secondary N) is 1. The van der Waals surface area contributed by atoms with Gasteiger partial charge in [0, 0.05) is 22.2 Å². The fraction of sp³-hybridized carbons (Fsp3) is 0.0606. The maximum atomic E-state index is 4.03. The van der Waals surface area contributed by atoms with Crippen LogP contribution in [-0.2, 0) is 10.8 Å². The Hall–Kier alpha value is -8.26. The molecule has 0 bridgehead atoms. The van der Waals surface area contributed by atoms with Crippen LogP contribution in [0, 0.1) is 0 Å². The van der Waals surface area contributed by atoms with E-state index in [1.165, 1.54) is 122 Å². The molecule has 11 aromatic rings. The fourth-order valence-corrected chi connectivity index (χ4v) is 12.5. The van der Waals surface area contributed by atoms with Gasteiger partial charge in [-0.15, -0.1) is 0 Å². The molecule has 1 nitrogen and oxygen atoms in total. The van der Waals surface area contributed by atoms with Crippen LogP contribution in [0.2, 0.25) is 0 Å². The van der Waals surface area contributed by atoms with E-state index in [9.17, 15) is 0 Å². The van der Waals surface area contributed by atoms with Crippen LogP contribution in [-0.4, -0.2) is 0 Å². The molecule has 0 atom stereocenters. The van der Waals surface area contributed by atoms with Gasteiger partial charge in [0.1, 0.15) is 0 Å². The minimum Gasteiger partial charge on any atom is -0.355 e. The maximum absolute atomic E-state index is 4.03. The molecular weight excluding hydrogens is 807 g/mol. The number of hydrogen-bond acceptors (Lipinski definition) is 1. The Bertz CT molecular complexity index is 3810. The van der Waals surface area contributed by atoms with Gasteiger partial charge in [0.25, 0.3) is 0 Å². The topological polar surface area (TPSA) is 12.0 Å². The molecule has 0 unspecified atom stereocenters. The van der Waals surface area contributed by atoms with Crippen LogP contribution in [0.5, 0.6) is 0 Å². The molecule has 14 rings (SSSR count). The summed E-state index contributed by atoms with van der Waals surface area (Å²) in [6.07, 6.45) is 0. The third-order valence-electron chi connectivity index (χ3n) is 15.5. The van der Waals surface area contributed by atoms with Crippen LogP contribution in [0.3, 0.4) is 0 Å². The standard InChI is InChI=1S/C66H45N/c1-65(2)56-26-8-5-22-53(56)55-39-45(35-38-57(55)65)50-24-12-17-44-18-13-30-62(63(44)50)67-46-36-37-54-61(40-46)66(58-27-9-6-20-51(58)52-21-7-10-28-59(52)66)60-29-14-25-49(64(54)60)43-33-31-42(32-34-43)48-23-11-16-41-15-3-4-19-47(41)48/h3-40,67H,1-2H3. The molecule has 3 aliphatic rings. The van der Waals surface area contributed by atoms with Crippen LogP contribution in [0.4, 0.5) is 11.4 Å². The lowest BCUT2D eigenvalue weighted by Crippen LogP contribution is -2.26. The van der Waals surface area contributed by atoms with Gasteiger partial charge >= 0.3 is 0 Å². The second-order valence-corrected chi connectivity index (χ2v) is 19.2. The maximum Gasteiger partial charge on any atom is 0.0726 e. The van der Waals surface area contributed by atoms with Gasteiger partial charge in [-0.05, 0) is 141 Å². The zero-order chi connectivity index (χ0) is 44.4. The van der Waals surface area contributed by atoms with Crippen LogP contribution >= 0.6 is 0 Å². The lowest BCUT2D eigenvalue weighted by Gasteiger charge is -2.31. The molecule has 3 aliphatic carbocycles. The monoisotopic (exact) mass is 851 g/mol.